The minimum atomic E-state index is -1.23. The Hall–Kier alpha value is -5.72. The van der Waals surface area contributed by atoms with Crippen LogP contribution in [0.2, 0.25) is 0 Å². The van der Waals surface area contributed by atoms with Crippen LogP contribution in [0.3, 0.4) is 0 Å². The number of carbonyl (C=O) groups is 3. The van der Waals surface area contributed by atoms with E-state index < -0.39 is 23.8 Å². The van der Waals surface area contributed by atoms with E-state index >= 15 is 0 Å². The molecule has 13 nitrogen and oxygen atoms in total. The SMILES string of the molecule is CC(=N)N1CCC(Oc2ccc(N(Cc3nc4cc(C(=N)N)ccc4n3C(C(N)=O)C3CCCCC3)C(=O)c3ccccc3C(=O)O)cc2)CC1. The smallest absolute Gasteiger partial charge is 0.336 e. The molecule has 1 aliphatic heterocycles. The van der Waals surface area contributed by atoms with Crippen molar-refractivity contribution in [1.82, 2.24) is 14.5 Å². The van der Waals surface area contributed by atoms with Gasteiger partial charge in [0, 0.05) is 37.2 Å². The number of hydrogen-bond acceptors (Lipinski definition) is 7. The Kier molecular flexibility index (Phi) is 10.4. The average Bonchev–Trinajstić information content (AvgIpc) is 3.48. The molecule has 2 amide bonds. The van der Waals surface area contributed by atoms with Gasteiger partial charge in [0.25, 0.3) is 5.91 Å². The quantitative estimate of drug-likeness (QED) is 0.103. The molecule has 4 aromatic rings. The molecular formula is C38H44N8O5. The number of likely N-dealkylation sites (tertiary alicyclic amines) is 1. The molecule has 3 aromatic carbocycles. The Balaban J connectivity index is 1.42. The normalized spacial score (nSPS) is 16.1. The van der Waals surface area contributed by atoms with Crippen LogP contribution in [-0.4, -0.2) is 68.2 Å². The van der Waals surface area contributed by atoms with Crippen molar-refractivity contribution in [3.63, 3.8) is 0 Å². The number of nitrogens with two attached hydrogens (primary N) is 2. The van der Waals surface area contributed by atoms with E-state index in [4.69, 9.17) is 32.0 Å². The average molecular weight is 693 g/mol. The third-order valence-electron chi connectivity index (χ3n) is 10.0. The highest BCUT2D eigenvalue weighted by Crippen LogP contribution is 2.37. The second-order valence-corrected chi connectivity index (χ2v) is 13.4. The molecular weight excluding hydrogens is 648 g/mol. The Morgan fingerprint density at radius 2 is 1.61 bits per heavy atom. The van der Waals surface area contributed by atoms with E-state index in [0.717, 1.165) is 58.0 Å². The Labute approximate surface area is 296 Å². The Morgan fingerprint density at radius 1 is 0.941 bits per heavy atom. The number of nitrogen functional groups attached to an aromatic ring is 1. The number of benzene rings is 3. The van der Waals surface area contributed by atoms with E-state index in [1.165, 1.54) is 17.0 Å². The minimum Gasteiger partial charge on any atom is -0.490 e. The Bertz CT molecular complexity index is 1960. The molecule has 0 spiro atoms. The van der Waals surface area contributed by atoms with Crippen molar-refractivity contribution >= 4 is 46.2 Å². The van der Waals surface area contributed by atoms with Crippen LogP contribution in [0.5, 0.6) is 5.75 Å². The number of carbonyl (C=O) groups excluding carboxylic acids is 2. The molecule has 266 valence electrons. The van der Waals surface area contributed by atoms with Crippen molar-refractivity contribution in [2.45, 2.75) is 70.6 Å². The zero-order chi connectivity index (χ0) is 36.2. The van der Waals surface area contributed by atoms with Gasteiger partial charge in [0.2, 0.25) is 5.91 Å². The van der Waals surface area contributed by atoms with Crippen LogP contribution in [0.15, 0.2) is 66.7 Å². The Morgan fingerprint density at radius 3 is 2.22 bits per heavy atom. The number of nitrogens with zero attached hydrogens (tertiary/aromatic N) is 4. The molecule has 2 heterocycles. The summed E-state index contributed by atoms with van der Waals surface area (Å²) in [4.78, 5) is 48.4. The molecule has 13 heteroatoms. The van der Waals surface area contributed by atoms with E-state index in [-0.39, 0.29) is 35.5 Å². The van der Waals surface area contributed by atoms with Gasteiger partial charge in [0.15, 0.2) is 0 Å². The van der Waals surface area contributed by atoms with Gasteiger partial charge in [-0.05, 0) is 80.3 Å². The lowest BCUT2D eigenvalue weighted by molar-refractivity contribution is -0.123. The molecule has 2 aliphatic rings. The fourth-order valence-electron chi connectivity index (χ4n) is 7.39. The molecule has 2 fully saturated rings. The van der Waals surface area contributed by atoms with Crippen LogP contribution in [0.25, 0.3) is 11.0 Å². The van der Waals surface area contributed by atoms with Gasteiger partial charge in [-0.25, -0.2) is 9.78 Å². The maximum atomic E-state index is 14.5. The van der Waals surface area contributed by atoms with Crippen LogP contribution in [0.1, 0.15) is 90.0 Å². The van der Waals surface area contributed by atoms with Gasteiger partial charge >= 0.3 is 5.97 Å². The summed E-state index contributed by atoms with van der Waals surface area (Å²) in [5, 5.41) is 25.9. The standard InChI is InChI=1S/C38H44N8O5/c1-23(39)44-19-17-28(18-20-44)51-27-14-12-26(13-15-27)45(37(48)29-9-5-6-10-30(29)38(49)50)22-33-43-31-21-25(35(40)41)11-16-32(31)46(33)34(36(42)47)24-7-3-2-4-8-24/h5-6,9-16,21,24,28,34,39H,2-4,7-8,17-20,22H2,1H3,(H3,40,41)(H2,42,47)(H,49,50). The van der Waals surface area contributed by atoms with Crippen LogP contribution < -0.4 is 21.1 Å². The largest absolute Gasteiger partial charge is 0.490 e. The van der Waals surface area contributed by atoms with E-state index in [9.17, 15) is 19.5 Å². The number of primary amides is 1. The lowest BCUT2D eigenvalue weighted by Gasteiger charge is -2.33. The highest BCUT2D eigenvalue weighted by atomic mass is 16.5. The summed E-state index contributed by atoms with van der Waals surface area (Å²) < 4.78 is 8.09. The number of carboxylic acid groups (broad SMARTS) is 1. The predicted molar refractivity (Wildman–Crippen MR) is 195 cm³/mol. The summed E-state index contributed by atoms with van der Waals surface area (Å²) in [6.45, 7) is 3.15. The number of aromatic carboxylic acids is 1. The summed E-state index contributed by atoms with van der Waals surface area (Å²) in [5.41, 5.74) is 13.9. The number of carboxylic acids is 1. The molecule has 1 unspecified atom stereocenters. The zero-order valence-electron chi connectivity index (χ0n) is 28.7. The van der Waals surface area contributed by atoms with Crippen molar-refractivity contribution in [1.29, 1.82) is 10.8 Å². The second-order valence-electron chi connectivity index (χ2n) is 13.4. The molecule has 1 saturated heterocycles. The predicted octanol–water partition coefficient (Wildman–Crippen LogP) is 5.31. The third-order valence-corrected chi connectivity index (χ3v) is 10.0. The molecule has 1 atom stereocenters. The summed E-state index contributed by atoms with van der Waals surface area (Å²) >= 11 is 0. The van der Waals surface area contributed by atoms with Gasteiger partial charge in [-0.15, -0.1) is 0 Å². The van der Waals surface area contributed by atoms with Gasteiger partial charge in [-0.1, -0.05) is 31.4 Å². The monoisotopic (exact) mass is 692 g/mol. The van der Waals surface area contributed by atoms with Crippen molar-refractivity contribution < 1.29 is 24.2 Å². The maximum absolute atomic E-state index is 14.5. The number of anilines is 1. The van der Waals surface area contributed by atoms with Gasteiger partial charge in [0.1, 0.15) is 29.6 Å². The second kappa shape index (κ2) is 15.0. The van der Waals surface area contributed by atoms with E-state index in [2.05, 4.69) is 0 Å². The molecule has 7 N–H and O–H groups in total. The molecule has 51 heavy (non-hydrogen) atoms. The summed E-state index contributed by atoms with van der Waals surface area (Å²) in [5.74, 6) is -0.924. The highest BCUT2D eigenvalue weighted by molar-refractivity contribution is 6.12. The minimum absolute atomic E-state index is 0.00108. The molecule has 1 saturated carbocycles. The molecule has 6 rings (SSSR count). The number of amidine groups is 2. The molecule has 1 aromatic heterocycles. The number of rotatable bonds is 11. The first-order valence-corrected chi connectivity index (χ1v) is 17.4. The van der Waals surface area contributed by atoms with Gasteiger partial charge in [-0.2, -0.15) is 0 Å². The molecule has 1 aliphatic carbocycles. The topological polar surface area (TPSA) is 205 Å². The summed E-state index contributed by atoms with van der Waals surface area (Å²) in [6.07, 6.45) is 6.18. The first kappa shape index (κ1) is 35.1. The zero-order valence-corrected chi connectivity index (χ0v) is 28.7. The van der Waals surface area contributed by atoms with E-state index in [0.29, 0.717) is 39.7 Å². The lowest BCUT2D eigenvalue weighted by Crippen LogP contribution is -2.40. The summed E-state index contributed by atoms with van der Waals surface area (Å²) in [6, 6.07) is 17.5. The maximum Gasteiger partial charge on any atom is 0.336 e. The van der Waals surface area contributed by atoms with Gasteiger partial charge in [0.05, 0.1) is 34.5 Å². The number of aromatic nitrogens is 2. The van der Waals surface area contributed by atoms with Crippen LogP contribution in [-0.2, 0) is 11.3 Å². The van der Waals surface area contributed by atoms with Crippen LogP contribution >= 0.6 is 0 Å². The number of amides is 2. The fraction of sp³-hybridized carbons (Fsp3) is 0.368. The highest BCUT2D eigenvalue weighted by Gasteiger charge is 2.34. The third kappa shape index (κ3) is 7.57. The van der Waals surface area contributed by atoms with Gasteiger partial charge < -0.3 is 35.7 Å². The number of nitrogens with one attached hydrogen (secondary N) is 2. The fourth-order valence-corrected chi connectivity index (χ4v) is 7.39. The van der Waals surface area contributed by atoms with Crippen molar-refractivity contribution in [2.24, 2.45) is 17.4 Å². The van der Waals surface area contributed by atoms with E-state index in [1.54, 1.807) is 61.5 Å². The summed E-state index contributed by atoms with van der Waals surface area (Å²) in [7, 11) is 0. The molecule has 0 radical (unpaired) electrons. The van der Waals surface area contributed by atoms with Crippen molar-refractivity contribution in [3.8, 4) is 5.75 Å². The first-order chi connectivity index (χ1) is 24.5. The first-order valence-electron chi connectivity index (χ1n) is 17.4. The van der Waals surface area contributed by atoms with Crippen LogP contribution in [0.4, 0.5) is 5.69 Å². The van der Waals surface area contributed by atoms with Crippen molar-refractivity contribution in [3.05, 3.63) is 89.2 Å². The number of piperidine rings is 1. The number of ether oxygens (including phenoxy) is 1. The van der Waals surface area contributed by atoms with E-state index in [1.807, 2.05) is 9.47 Å². The van der Waals surface area contributed by atoms with Crippen molar-refractivity contribution in [2.75, 3.05) is 18.0 Å². The molecule has 0 bridgehead atoms. The number of imidazole rings is 1. The number of hydrogen-bond donors (Lipinski definition) is 5. The lowest BCUT2D eigenvalue weighted by atomic mass is 9.83. The van der Waals surface area contributed by atoms with Gasteiger partial charge in [-0.3, -0.25) is 20.4 Å². The number of fused-ring (bicyclic) bond motifs is 1. The van der Waals surface area contributed by atoms with Crippen LogP contribution in [0, 0.1) is 16.7 Å².